The molecule has 1 aromatic carbocycles. The number of benzene rings is 1. The summed E-state index contributed by atoms with van der Waals surface area (Å²) >= 11 is 1.37. The molecule has 0 aliphatic heterocycles. The van der Waals surface area contributed by atoms with Crippen LogP contribution in [0.1, 0.15) is 33.3 Å². The maximum absolute atomic E-state index is 12.1. The van der Waals surface area contributed by atoms with Gasteiger partial charge in [0.05, 0.1) is 12.7 Å². The summed E-state index contributed by atoms with van der Waals surface area (Å²) in [5.74, 6) is -0.0771. The molecule has 0 bridgehead atoms. The molecule has 0 aliphatic rings. The number of thiophene rings is 1. The van der Waals surface area contributed by atoms with Gasteiger partial charge in [-0.3, -0.25) is 9.59 Å². The van der Waals surface area contributed by atoms with Crippen LogP contribution < -0.4 is 15.8 Å². The zero-order chi connectivity index (χ0) is 17.7. The molecule has 1 aromatic heterocycles. The highest BCUT2D eigenvalue weighted by Gasteiger charge is 2.19. The number of methoxy groups -OCH3 is 1. The van der Waals surface area contributed by atoms with Crippen LogP contribution in [-0.4, -0.2) is 18.9 Å². The number of carbonyl (C=O) groups excluding carboxylic acids is 2. The van der Waals surface area contributed by atoms with Crippen molar-refractivity contribution in [2.75, 3.05) is 12.4 Å². The zero-order valence-corrected chi connectivity index (χ0v) is 14.7. The van der Waals surface area contributed by atoms with Gasteiger partial charge in [0.1, 0.15) is 10.8 Å². The Morgan fingerprint density at radius 1 is 1.29 bits per heavy atom. The summed E-state index contributed by atoms with van der Waals surface area (Å²) in [5.41, 5.74) is 7.63. The molecule has 0 spiro atoms. The second kappa shape index (κ2) is 7.79. The van der Waals surface area contributed by atoms with Crippen LogP contribution in [0.3, 0.4) is 0 Å². The van der Waals surface area contributed by atoms with Crippen LogP contribution in [-0.2, 0) is 11.2 Å². The number of ether oxygens (including phenoxy) is 1. The van der Waals surface area contributed by atoms with Crippen LogP contribution >= 0.6 is 11.3 Å². The fourth-order valence-electron chi connectivity index (χ4n) is 2.39. The molecule has 0 unspecified atom stereocenters. The van der Waals surface area contributed by atoms with Crippen molar-refractivity contribution in [1.29, 1.82) is 0 Å². The lowest BCUT2D eigenvalue weighted by molar-refractivity contribution is -0.111. The molecular weight excluding hydrogens is 324 g/mol. The third-order valence-corrected chi connectivity index (χ3v) is 4.65. The van der Waals surface area contributed by atoms with E-state index in [2.05, 4.69) is 5.32 Å². The number of nitrogens with one attached hydrogen (secondary N) is 1. The SMILES string of the molecule is CCc1c(C)sc(NC(=O)/C=C/c2ccc(OC)cc2)c1C(N)=O. The fourth-order valence-corrected chi connectivity index (χ4v) is 3.55. The Kier molecular flexibility index (Phi) is 5.76. The summed E-state index contributed by atoms with van der Waals surface area (Å²) in [7, 11) is 1.60. The van der Waals surface area contributed by atoms with Crippen molar-refractivity contribution in [3.63, 3.8) is 0 Å². The summed E-state index contributed by atoms with van der Waals surface area (Å²) in [4.78, 5) is 24.8. The molecule has 0 radical (unpaired) electrons. The van der Waals surface area contributed by atoms with E-state index in [0.29, 0.717) is 17.0 Å². The van der Waals surface area contributed by atoms with Crippen molar-refractivity contribution in [2.45, 2.75) is 20.3 Å². The Labute approximate surface area is 145 Å². The smallest absolute Gasteiger partial charge is 0.251 e. The van der Waals surface area contributed by atoms with Crippen LogP contribution in [0, 0.1) is 6.92 Å². The van der Waals surface area contributed by atoms with Crippen molar-refractivity contribution in [2.24, 2.45) is 5.73 Å². The molecule has 24 heavy (non-hydrogen) atoms. The van der Waals surface area contributed by atoms with Gasteiger partial charge in [0.15, 0.2) is 0 Å². The maximum atomic E-state index is 12.1. The minimum atomic E-state index is -0.523. The number of anilines is 1. The lowest BCUT2D eigenvalue weighted by atomic mass is 10.1. The molecule has 3 N–H and O–H groups in total. The van der Waals surface area contributed by atoms with Crippen molar-refractivity contribution in [3.05, 3.63) is 51.9 Å². The van der Waals surface area contributed by atoms with E-state index in [9.17, 15) is 9.59 Å². The number of primary amides is 1. The second-order valence-electron chi connectivity index (χ2n) is 5.15. The maximum Gasteiger partial charge on any atom is 0.251 e. The van der Waals surface area contributed by atoms with Crippen LogP contribution in [0.4, 0.5) is 5.00 Å². The highest BCUT2D eigenvalue weighted by atomic mass is 32.1. The van der Waals surface area contributed by atoms with Gasteiger partial charge < -0.3 is 15.8 Å². The van der Waals surface area contributed by atoms with Crippen molar-refractivity contribution in [3.8, 4) is 5.75 Å². The highest BCUT2D eigenvalue weighted by molar-refractivity contribution is 7.16. The van der Waals surface area contributed by atoms with E-state index in [1.54, 1.807) is 13.2 Å². The first-order chi connectivity index (χ1) is 11.5. The summed E-state index contributed by atoms with van der Waals surface area (Å²) in [6.07, 6.45) is 3.81. The predicted octanol–water partition coefficient (Wildman–Crippen LogP) is 3.38. The van der Waals surface area contributed by atoms with Crippen LogP contribution in [0.2, 0.25) is 0 Å². The quantitative estimate of drug-likeness (QED) is 0.788. The molecule has 0 fully saturated rings. The summed E-state index contributed by atoms with van der Waals surface area (Å²) < 4.78 is 5.09. The molecule has 2 rings (SSSR count). The summed E-state index contributed by atoms with van der Waals surface area (Å²) in [6, 6.07) is 7.34. The number of amides is 2. The minimum Gasteiger partial charge on any atom is -0.497 e. The lowest BCUT2D eigenvalue weighted by Crippen LogP contribution is -2.16. The van der Waals surface area contributed by atoms with Crippen molar-refractivity contribution < 1.29 is 14.3 Å². The number of carbonyl (C=O) groups is 2. The van der Waals surface area contributed by atoms with Gasteiger partial charge in [-0.25, -0.2) is 0 Å². The first-order valence-electron chi connectivity index (χ1n) is 7.51. The molecule has 126 valence electrons. The van der Waals surface area contributed by atoms with E-state index < -0.39 is 5.91 Å². The molecule has 6 heteroatoms. The minimum absolute atomic E-state index is 0.308. The number of hydrogen-bond acceptors (Lipinski definition) is 4. The Morgan fingerprint density at radius 3 is 2.50 bits per heavy atom. The fraction of sp³-hybridized carbons (Fsp3) is 0.222. The summed E-state index contributed by atoms with van der Waals surface area (Å²) in [6.45, 7) is 3.87. The largest absolute Gasteiger partial charge is 0.497 e. The summed E-state index contributed by atoms with van der Waals surface area (Å²) in [5, 5.41) is 3.25. The Morgan fingerprint density at radius 2 is 1.96 bits per heavy atom. The molecule has 0 saturated heterocycles. The van der Waals surface area contributed by atoms with Gasteiger partial charge in [0, 0.05) is 11.0 Å². The van der Waals surface area contributed by atoms with E-state index in [1.807, 2.05) is 38.1 Å². The molecule has 0 saturated carbocycles. The monoisotopic (exact) mass is 344 g/mol. The third-order valence-electron chi connectivity index (χ3n) is 3.59. The predicted molar refractivity (Wildman–Crippen MR) is 97.6 cm³/mol. The average Bonchev–Trinajstić information content (AvgIpc) is 2.88. The molecule has 5 nitrogen and oxygen atoms in total. The van der Waals surface area contributed by atoms with E-state index in [1.165, 1.54) is 17.4 Å². The Hall–Kier alpha value is -2.60. The van der Waals surface area contributed by atoms with Crippen LogP contribution in [0.15, 0.2) is 30.3 Å². The average molecular weight is 344 g/mol. The van der Waals surface area contributed by atoms with Crippen molar-refractivity contribution >= 4 is 34.2 Å². The Balaban J connectivity index is 2.14. The second-order valence-corrected chi connectivity index (χ2v) is 6.38. The Bertz CT molecular complexity index is 776. The molecule has 2 amide bonds. The first-order valence-corrected chi connectivity index (χ1v) is 8.33. The normalized spacial score (nSPS) is 10.8. The zero-order valence-electron chi connectivity index (χ0n) is 13.9. The topological polar surface area (TPSA) is 81.4 Å². The standard InChI is InChI=1S/C18H20N2O3S/c1-4-14-11(2)24-18(16(14)17(19)22)20-15(21)10-7-12-5-8-13(23-3)9-6-12/h5-10H,4H2,1-3H3,(H2,19,22)(H,20,21)/b10-7+. The third kappa shape index (κ3) is 4.02. The molecule has 1 heterocycles. The van der Waals surface area contributed by atoms with E-state index >= 15 is 0 Å². The van der Waals surface area contributed by atoms with E-state index in [4.69, 9.17) is 10.5 Å². The molecular formula is C18H20N2O3S. The van der Waals surface area contributed by atoms with Gasteiger partial charge in [-0.2, -0.15) is 0 Å². The van der Waals surface area contributed by atoms with Gasteiger partial charge in [0.2, 0.25) is 5.91 Å². The highest BCUT2D eigenvalue weighted by Crippen LogP contribution is 2.33. The lowest BCUT2D eigenvalue weighted by Gasteiger charge is -2.03. The van der Waals surface area contributed by atoms with E-state index in [-0.39, 0.29) is 5.91 Å². The van der Waals surface area contributed by atoms with Crippen LogP contribution in [0.5, 0.6) is 5.75 Å². The van der Waals surface area contributed by atoms with Gasteiger partial charge in [-0.05, 0) is 42.7 Å². The number of aryl methyl sites for hydroxylation is 1. The number of rotatable bonds is 6. The van der Waals surface area contributed by atoms with Gasteiger partial charge >= 0.3 is 0 Å². The molecule has 2 aromatic rings. The van der Waals surface area contributed by atoms with Crippen LogP contribution in [0.25, 0.3) is 6.08 Å². The van der Waals surface area contributed by atoms with Gasteiger partial charge in [-0.15, -0.1) is 11.3 Å². The molecule has 0 atom stereocenters. The van der Waals surface area contributed by atoms with Gasteiger partial charge in [-0.1, -0.05) is 19.1 Å². The van der Waals surface area contributed by atoms with Crippen molar-refractivity contribution in [1.82, 2.24) is 0 Å². The van der Waals surface area contributed by atoms with E-state index in [0.717, 1.165) is 21.8 Å². The van der Waals surface area contributed by atoms with Gasteiger partial charge in [0.25, 0.3) is 5.91 Å². The number of hydrogen-bond donors (Lipinski definition) is 2. The molecule has 0 aliphatic carbocycles. The number of nitrogens with two attached hydrogens (primary N) is 1. The first kappa shape index (κ1) is 17.7.